The first-order chi connectivity index (χ1) is 13.5. The molecule has 0 unspecified atom stereocenters. The van der Waals surface area contributed by atoms with Gasteiger partial charge in [0.25, 0.3) is 0 Å². The summed E-state index contributed by atoms with van der Waals surface area (Å²) in [4.78, 5) is 38.3. The van der Waals surface area contributed by atoms with E-state index in [-0.39, 0.29) is 17.9 Å². The van der Waals surface area contributed by atoms with Gasteiger partial charge in [-0.15, -0.1) is 0 Å². The van der Waals surface area contributed by atoms with Crippen LogP contribution in [-0.2, 0) is 20.7 Å². The molecule has 1 fully saturated rings. The minimum absolute atomic E-state index is 0.222. The van der Waals surface area contributed by atoms with Crippen molar-refractivity contribution in [1.29, 1.82) is 0 Å². The van der Waals surface area contributed by atoms with Gasteiger partial charge in [0, 0.05) is 13.1 Å². The van der Waals surface area contributed by atoms with E-state index in [1.54, 1.807) is 4.90 Å². The van der Waals surface area contributed by atoms with Crippen molar-refractivity contribution >= 4 is 18.2 Å². The molecule has 2 atom stereocenters. The number of carbonyl (C=O) groups is 3. The third-order valence-electron chi connectivity index (χ3n) is 4.70. The van der Waals surface area contributed by atoms with Crippen LogP contribution >= 0.6 is 0 Å². The second kappa shape index (κ2) is 11.4. The summed E-state index contributed by atoms with van der Waals surface area (Å²) in [6.07, 6.45) is 2.48. The maximum Gasteiger partial charge on any atom is 0.318 e. The minimum Gasteiger partial charge on any atom is -0.378 e. The summed E-state index contributed by atoms with van der Waals surface area (Å²) in [5.41, 5.74) is 1.11. The van der Waals surface area contributed by atoms with Gasteiger partial charge in [0.1, 0.15) is 12.3 Å². The Morgan fingerprint density at radius 3 is 2.43 bits per heavy atom. The highest BCUT2D eigenvalue weighted by atomic mass is 16.5. The zero-order chi connectivity index (χ0) is 20.4. The number of aryl methyl sites for hydroxylation is 1. The normalized spacial score (nSPS) is 16.3. The first kappa shape index (κ1) is 21.9. The van der Waals surface area contributed by atoms with E-state index in [2.05, 4.69) is 10.6 Å². The number of morpholine rings is 1. The van der Waals surface area contributed by atoms with Gasteiger partial charge in [-0.25, -0.2) is 4.79 Å². The Balaban J connectivity index is 1.92. The highest BCUT2D eigenvalue weighted by molar-refractivity contribution is 5.88. The highest BCUT2D eigenvalue weighted by Crippen LogP contribution is 2.09. The van der Waals surface area contributed by atoms with E-state index < -0.39 is 12.1 Å². The molecule has 1 aromatic rings. The third-order valence-corrected chi connectivity index (χ3v) is 4.70. The molecule has 0 saturated carbocycles. The first-order valence-corrected chi connectivity index (χ1v) is 9.92. The monoisotopic (exact) mass is 389 g/mol. The molecule has 1 saturated heterocycles. The average Bonchev–Trinajstić information content (AvgIpc) is 2.71. The van der Waals surface area contributed by atoms with Crippen molar-refractivity contribution in [2.45, 2.75) is 45.2 Å². The fraction of sp³-hybridized carbons (Fsp3) is 0.571. The number of carbonyl (C=O) groups excluding carboxylic acids is 3. The molecule has 1 aliphatic heterocycles. The number of ether oxygens (including phenoxy) is 1. The van der Waals surface area contributed by atoms with Crippen molar-refractivity contribution in [3.05, 3.63) is 35.9 Å². The van der Waals surface area contributed by atoms with Gasteiger partial charge < -0.3 is 25.1 Å². The predicted octanol–water partition coefficient (Wildman–Crippen LogP) is 1.76. The van der Waals surface area contributed by atoms with Crippen LogP contribution in [0.25, 0.3) is 0 Å². The Bertz CT molecular complexity index is 630. The summed E-state index contributed by atoms with van der Waals surface area (Å²) in [5.74, 6) is -0.0970. The second-order valence-electron chi connectivity index (χ2n) is 7.51. The summed E-state index contributed by atoms with van der Waals surface area (Å²) >= 11 is 0. The first-order valence-electron chi connectivity index (χ1n) is 9.92. The quantitative estimate of drug-likeness (QED) is 0.630. The lowest BCUT2D eigenvalue weighted by molar-refractivity contribution is -0.126. The molecule has 0 spiro atoms. The van der Waals surface area contributed by atoms with Crippen LogP contribution in [-0.4, -0.2) is 61.5 Å². The van der Waals surface area contributed by atoms with Crippen molar-refractivity contribution in [3.63, 3.8) is 0 Å². The van der Waals surface area contributed by atoms with Gasteiger partial charge in [0.05, 0.1) is 19.3 Å². The van der Waals surface area contributed by atoms with Gasteiger partial charge >= 0.3 is 6.03 Å². The summed E-state index contributed by atoms with van der Waals surface area (Å²) in [7, 11) is 0. The molecule has 1 heterocycles. The molecule has 7 heteroatoms. The molecule has 7 nitrogen and oxygen atoms in total. The Kier molecular flexibility index (Phi) is 8.94. The number of rotatable bonds is 9. The molecule has 3 amide bonds. The lowest BCUT2D eigenvalue weighted by atomic mass is 10.0. The van der Waals surface area contributed by atoms with E-state index in [1.165, 1.54) is 0 Å². The van der Waals surface area contributed by atoms with Crippen LogP contribution < -0.4 is 10.6 Å². The van der Waals surface area contributed by atoms with Crippen molar-refractivity contribution in [2.24, 2.45) is 5.92 Å². The molecule has 2 rings (SSSR count). The Morgan fingerprint density at radius 2 is 1.82 bits per heavy atom. The molecule has 0 aromatic heterocycles. The zero-order valence-corrected chi connectivity index (χ0v) is 16.7. The van der Waals surface area contributed by atoms with Gasteiger partial charge in [-0.3, -0.25) is 4.79 Å². The summed E-state index contributed by atoms with van der Waals surface area (Å²) < 4.78 is 5.26. The number of nitrogens with zero attached hydrogens (tertiary/aromatic N) is 1. The van der Waals surface area contributed by atoms with E-state index in [9.17, 15) is 14.4 Å². The minimum atomic E-state index is -0.672. The summed E-state index contributed by atoms with van der Waals surface area (Å²) in [6, 6.07) is 8.30. The van der Waals surface area contributed by atoms with Crippen molar-refractivity contribution in [1.82, 2.24) is 15.5 Å². The van der Waals surface area contributed by atoms with Gasteiger partial charge in [0.2, 0.25) is 5.91 Å². The van der Waals surface area contributed by atoms with Crippen LogP contribution in [0.5, 0.6) is 0 Å². The number of amides is 3. The highest BCUT2D eigenvalue weighted by Gasteiger charge is 2.26. The average molecular weight is 389 g/mol. The topological polar surface area (TPSA) is 87.7 Å². The maximum absolute atomic E-state index is 12.7. The fourth-order valence-corrected chi connectivity index (χ4v) is 3.13. The van der Waals surface area contributed by atoms with Crippen LogP contribution in [0.2, 0.25) is 0 Å². The zero-order valence-electron chi connectivity index (χ0n) is 16.7. The number of aldehydes is 1. The lowest BCUT2D eigenvalue weighted by Gasteiger charge is -2.30. The van der Waals surface area contributed by atoms with Crippen LogP contribution in [0.1, 0.15) is 32.3 Å². The Morgan fingerprint density at radius 1 is 1.14 bits per heavy atom. The molecule has 0 aliphatic carbocycles. The van der Waals surface area contributed by atoms with Crippen LogP contribution in [0.3, 0.4) is 0 Å². The van der Waals surface area contributed by atoms with Crippen LogP contribution in [0, 0.1) is 5.92 Å². The lowest BCUT2D eigenvalue weighted by Crippen LogP contribution is -2.55. The smallest absolute Gasteiger partial charge is 0.318 e. The van der Waals surface area contributed by atoms with E-state index in [1.807, 2.05) is 44.2 Å². The number of urea groups is 1. The third kappa shape index (κ3) is 7.31. The molecule has 0 bridgehead atoms. The molecule has 2 N–H and O–H groups in total. The molecule has 1 aliphatic rings. The molecule has 0 radical (unpaired) electrons. The molecular weight excluding hydrogens is 358 g/mol. The van der Waals surface area contributed by atoms with Crippen molar-refractivity contribution in [3.8, 4) is 0 Å². The Labute approximate surface area is 166 Å². The van der Waals surface area contributed by atoms with E-state index in [0.29, 0.717) is 45.6 Å². The number of benzene rings is 1. The molecule has 1 aromatic carbocycles. The number of hydrogen-bond donors (Lipinski definition) is 2. The van der Waals surface area contributed by atoms with E-state index in [0.717, 1.165) is 11.8 Å². The SMILES string of the molecule is CC(C)C[C@H](NC(=O)N1CCOCC1)C(=O)N[C@H](C=O)CCc1ccccc1. The van der Waals surface area contributed by atoms with Crippen LogP contribution in [0.15, 0.2) is 30.3 Å². The van der Waals surface area contributed by atoms with E-state index >= 15 is 0 Å². The fourth-order valence-electron chi connectivity index (χ4n) is 3.13. The maximum atomic E-state index is 12.7. The molecule has 28 heavy (non-hydrogen) atoms. The van der Waals surface area contributed by atoms with Crippen molar-refractivity contribution < 1.29 is 19.1 Å². The molecular formula is C21H31N3O4. The summed E-state index contributed by atoms with van der Waals surface area (Å²) in [6.45, 7) is 6.01. The largest absolute Gasteiger partial charge is 0.378 e. The standard InChI is InChI=1S/C21H31N3O4/c1-16(2)14-19(23-21(27)24-10-12-28-13-11-24)20(26)22-18(15-25)9-8-17-6-4-3-5-7-17/h3-7,15-16,18-19H,8-14H2,1-2H3,(H,22,26)(H,23,27)/t18-,19-/m0/s1. The van der Waals surface area contributed by atoms with Gasteiger partial charge in [-0.2, -0.15) is 0 Å². The van der Waals surface area contributed by atoms with Crippen molar-refractivity contribution in [2.75, 3.05) is 26.3 Å². The second-order valence-corrected chi connectivity index (χ2v) is 7.51. The van der Waals surface area contributed by atoms with E-state index in [4.69, 9.17) is 4.74 Å². The van der Waals surface area contributed by atoms with Gasteiger partial charge in [-0.05, 0) is 30.7 Å². The summed E-state index contributed by atoms with van der Waals surface area (Å²) in [5, 5.41) is 5.61. The van der Waals surface area contributed by atoms with Crippen LogP contribution in [0.4, 0.5) is 4.79 Å². The predicted molar refractivity (Wildman–Crippen MR) is 107 cm³/mol. The number of nitrogens with one attached hydrogen (secondary N) is 2. The van der Waals surface area contributed by atoms with Gasteiger partial charge in [-0.1, -0.05) is 44.2 Å². The molecule has 154 valence electrons. The number of hydrogen-bond acceptors (Lipinski definition) is 4. The van der Waals surface area contributed by atoms with Gasteiger partial charge in [0.15, 0.2) is 0 Å². The Hall–Kier alpha value is -2.41.